The molecule has 3 unspecified atom stereocenters. The van der Waals surface area contributed by atoms with E-state index in [2.05, 4.69) is 6.92 Å². The first-order chi connectivity index (χ1) is 8.57. The second-order valence-electron chi connectivity index (χ2n) is 5.32. The zero-order valence-electron chi connectivity index (χ0n) is 12.0. The van der Waals surface area contributed by atoms with Crippen molar-refractivity contribution in [2.45, 2.75) is 70.2 Å². The molecule has 1 rings (SSSR count). The Balaban J connectivity index is 2.51. The summed E-state index contributed by atoms with van der Waals surface area (Å²) in [5.41, 5.74) is 6.02. The highest BCUT2D eigenvalue weighted by Gasteiger charge is 2.31. The minimum absolute atomic E-state index is 0.0795. The summed E-state index contributed by atoms with van der Waals surface area (Å²) in [6, 6.07) is 0.336. The number of rotatable bonds is 6. The molecule has 18 heavy (non-hydrogen) atoms. The van der Waals surface area contributed by atoms with Gasteiger partial charge in [0.1, 0.15) is 0 Å². The van der Waals surface area contributed by atoms with Crippen molar-refractivity contribution in [1.29, 1.82) is 0 Å². The number of piperidine rings is 1. The van der Waals surface area contributed by atoms with E-state index in [4.69, 9.17) is 5.73 Å². The predicted octanol–water partition coefficient (Wildman–Crippen LogP) is 2.64. The average molecular weight is 272 g/mol. The Morgan fingerprint density at radius 1 is 1.44 bits per heavy atom. The number of hydrogen-bond acceptors (Lipinski definition) is 3. The fraction of sp³-hybridized carbons (Fsp3) is 0.929. The topological polar surface area (TPSA) is 46.3 Å². The van der Waals surface area contributed by atoms with E-state index in [0.29, 0.717) is 0 Å². The van der Waals surface area contributed by atoms with Gasteiger partial charge in [0.05, 0.1) is 5.25 Å². The van der Waals surface area contributed by atoms with E-state index < -0.39 is 0 Å². The number of likely N-dealkylation sites (tertiary alicyclic amines) is 1. The van der Waals surface area contributed by atoms with Gasteiger partial charge in [0.2, 0.25) is 5.91 Å². The minimum atomic E-state index is 0.0795. The van der Waals surface area contributed by atoms with Crippen LogP contribution in [0.15, 0.2) is 0 Å². The number of nitrogens with zero attached hydrogens (tertiary/aromatic N) is 1. The van der Waals surface area contributed by atoms with Gasteiger partial charge in [-0.15, -0.1) is 11.8 Å². The van der Waals surface area contributed by atoms with Gasteiger partial charge in [-0.1, -0.05) is 13.3 Å². The summed E-state index contributed by atoms with van der Waals surface area (Å²) in [7, 11) is 0. The Hall–Kier alpha value is -0.220. The third-order valence-electron chi connectivity index (χ3n) is 3.65. The van der Waals surface area contributed by atoms with Crippen LogP contribution in [0, 0.1) is 0 Å². The van der Waals surface area contributed by atoms with Gasteiger partial charge in [-0.2, -0.15) is 0 Å². The lowest BCUT2D eigenvalue weighted by Crippen LogP contribution is -2.53. The summed E-state index contributed by atoms with van der Waals surface area (Å²) < 4.78 is 0. The molecule has 1 aliphatic heterocycles. The molecule has 3 nitrogen and oxygen atoms in total. The Kier molecular flexibility index (Phi) is 7.08. The smallest absolute Gasteiger partial charge is 0.235 e. The number of carbonyl (C=O) groups is 1. The van der Waals surface area contributed by atoms with Crippen LogP contribution in [-0.2, 0) is 4.79 Å². The molecule has 106 valence electrons. The van der Waals surface area contributed by atoms with Gasteiger partial charge in [0.15, 0.2) is 0 Å². The van der Waals surface area contributed by atoms with Crippen LogP contribution in [0.4, 0.5) is 0 Å². The number of hydrogen-bond donors (Lipinski definition) is 1. The first kappa shape index (κ1) is 15.8. The normalized spacial score (nSPS) is 23.8. The van der Waals surface area contributed by atoms with E-state index in [1.54, 1.807) is 11.8 Å². The van der Waals surface area contributed by atoms with Crippen molar-refractivity contribution in [3.05, 3.63) is 0 Å². The standard InChI is InChI=1S/C14H28N2OS/c1-4-5-10-18-12(3)14(17)16-9-7-6-8-13(16)11(2)15/h11-13H,4-10,15H2,1-3H3. The summed E-state index contributed by atoms with van der Waals surface area (Å²) in [4.78, 5) is 14.5. The van der Waals surface area contributed by atoms with Crippen LogP contribution in [0.3, 0.4) is 0 Å². The Bertz CT molecular complexity index is 258. The lowest BCUT2D eigenvalue weighted by Gasteiger charge is -2.39. The monoisotopic (exact) mass is 272 g/mol. The molecule has 0 radical (unpaired) electrons. The summed E-state index contributed by atoms with van der Waals surface area (Å²) in [5.74, 6) is 1.37. The van der Waals surface area contributed by atoms with Gasteiger partial charge in [0.25, 0.3) is 0 Å². The third-order valence-corrected chi connectivity index (χ3v) is 4.88. The van der Waals surface area contributed by atoms with Crippen LogP contribution >= 0.6 is 11.8 Å². The second kappa shape index (κ2) is 8.05. The zero-order valence-corrected chi connectivity index (χ0v) is 12.8. The highest BCUT2D eigenvalue weighted by atomic mass is 32.2. The van der Waals surface area contributed by atoms with Crippen molar-refractivity contribution in [2.24, 2.45) is 5.73 Å². The van der Waals surface area contributed by atoms with Gasteiger partial charge in [-0.05, 0) is 45.3 Å². The van der Waals surface area contributed by atoms with Gasteiger partial charge in [-0.25, -0.2) is 0 Å². The van der Waals surface area contributed by atoms with E-state index in [1.807, 2.05) is 18.7 Å². The molecule has 0 saturated carbocycles. The van der Waals surface area contributed by atoms with Gasteiger partial charge < -0.3 is 10.6 Å². The molecule has 1 amide bonds. The highest BCUT2D eigenvalue weighted by Crippen LogP contribution is 2.23. The summed E-state index contributed by atoms with van der Waals surface area (Å²) in [6.45, 7) is 7.13. The van der Waals surface area contributed by atoms with Gasteiger partial charge in [-0.3, -0.25) is 4.79 Å². The Morgan fingerprint density at radius 2 is 2.17 bits per heavy atom. The van der Waals surface area contributed by atoms with Crippen LogP contribution in [0.2, 0.25) is 0 Å². The van der Waals surface area contributed by atoms with E-state index in [-0.39, 0.29) is 23.2 Å². The molecule has 4 heteroatoms. The lowest BCUT2D eigenvalue weighted by molar-refractivity contribution is -0.134. The Labute approximate surface area is 116 Å². The van der Waals surface area contributed by atoms with Gasteiger partial charge >= 0.3 is 0 Å². The number of thioether (sulfide) groups is 1. The first-order valence-corrected chi connectivity index (χ1v) is 8.30. The quantitative estimate of drug-likeness (QED) is 0.756. The molecule has 1 heterocycles. The van der Waals surface area contributed by atoms with Crippen molar-refractivity contribution in [2.75, 3.05) is 12.3 Å². The molecule has 1 aliphatic rings. The summed E-state index contributed by atoms with van der Waals surface area (Å²) in [6.07, 6.45) is 5.78. The van der Waals surface area contributed by atoms with Crippen molar-refractivity contribution in [1.82, 2.24) is 4.90 Å². The van der Waals surface area contributed by atoms with E-state index in [9.17, 15) is 4.79 Å². The fourth-order valence-electron chi connectivity index (χ4n) is 2.49. The second-order valence-corrected chi connectivity index (χ2v) is 6.77. The molecule has 0 bridgehead atoms. The van der Waals surface area contributed by atoms with Crippen LogP contribution in [-0.4, -0.2) is 40.4 Å². The van der Waals surface area contributed by atoms with Crippen molar-refractivity contribution < 1.29 is 4.79 Å². The number of nitrogens with two attached hydrogens (primary N) is 1. The molecule has 0 spiro atoms. The summed E-state index contributed by atoms with van der Waals surface area (Å²) >= 11 is 1.78. The molecular formula is C14H28N2OS. The molecule has 0 aromatic rings. The maximum atomic E-state index is 12.5. The Morgan fingerprint density at radius 3 is 2.78 bits per heavy atom. The zero-order chi connectivity index (χ0) is 13.5. The van der Waals surface area contributed by atoms with Crippen LogP contribution in [0.1, 0.15) is 52.9 Å². The lowest BCUT2D eigenvalue weighted by atomic mass is 9.96. The molecule has 1 saturated heterocycles. The van der Waals surface area contributed by atoms with E-state index in [0.717, 1.165) is 25.1 Å². The minimum Gasteiger partial charge on any atom is -0.337 e. The largest absolute Gasteiger partial charge is 0.337 e. The van der Waals surface area contributed by atoms with Crippen LogP contribution < -0.4 is 5.73 Å². The molecule has 0 aromatic carbocycles. The highest BCUT2D eigenvalue weighted by molar-refractivity contribution is 8.00. The SMILES string of the molecule is CCCCSC(C)C(=O)N1CCCCC1C(C)N. The third kappa shape index (κ3) is 4.47. The maximum absolute atomic E-state index is 12.5. The fourth-order valence-corrected chi connectivity index (χ4v) is 3.57. The van der Waals surface area contributed by atoms with Crippen molar-refractivity contribution in [3.63, 3.8) is 0 Å². The molecule has 0 aliphatic carbocycles. The van der Waals surface area contributed by atoms with Crippen molar-refractivity contribution >= 4 is 17.7 Å². The maximum Gasteiger partial charge on any atom is 0.235 e. The van der Waals surface area contributed by atoms with Crippen LogP contribution in [0.25, 0.3) is 0 Å². The average Bonchev–Trinajstić information content (AvgIpc) is 2.38. The molecule has 2 N–H and O–H groups in total. The molecular weight excluding hydrogens is 244 g/mol. The van der Waals surface area contributed by atoms with Crippen molar-refractivity contribution in [3.8, 4) is 0 Å². The predicted molar refractivity (Wildman–Crippen MR) is 79.8 cm³/mol. The number of carbonyl (C=O) groups excluding carboxylic acids is 1. The first-order valence-electron chi connectivity index (χ1n) is 7.25. The van der Waals surface area contributed by atoms with E-state index >= 15 is 0 Å². The summed E-state index contributed by atoms with van der Waals surface area (Å²) in [5, 5.41) is 0.0795. The van der Waals surface area contributed by atoms with Crippen LogP contribution in [0.5, 0.6) is 0 Å². The molecule has 3 atom stereocenters. The molecule has 1 fully saturated rings. The van der Waals surface area contributed by atoms with E-state index in [1.165, 1.54) is 19.3 Å². The number of unbranched alkanes of at least 4 members (excludes halogenated alkanes) is 1. The number of amides is 1. The molecule has 0 aromatic heterocycles. The van der Waals surface area contributed by atoms with Gasteiger partial charge in [0, 0.05) is 18.6 Å².